The molecule has 1 rings (SSSR count). The van der Waals surface area contributed by atoms with Crippen molar-refractivity contribution in [3.05, 3.63) is 22.7 Å². The van der Waals surface area contributed by atoms with E-state index >= 15 is 0 Å². The molecule has 0 amide bonds. The molecular formula is C13H18Cl2O2S. The standard InChI is InChI=1S/C13H18Cl2O2S/c1-3-18-6-4-5-17-13-11(15)7-10(9-14)8-12(13)16-2/h7-8H,3-6,9H2,1-2H3. The van der Waals surface area contributed by atoms with Crippen molar-refractivity contribution in [1.82, 2.24) is 0 Å². The van der Waals surface area contributed by atoms with Crippen LogP contribution < -0.4 is 9.47 Å². The van der Waals surface area contributed by atoms with Gasteiger partial charge in [0.2, 0.25) is 0 Å². The maximum Gasteiger partial charge on any atom is 0.179 e. The van der Waals surface area contributed by atoms with Crippen LogP contribution in [0.1, 0.15) is 18.9 Å². The lowest BCUT2D eigenvalue weighted by atomic mass is 10.2. The van der Waals surface area contributed by atoms with Gasteiger partial charge in [0.05, 0.1) is 18.7 Å². The molecule has 0 aliphatic rings. The SMILES string of the molecule is CCSCCCOc1c(Cl)cc(CCl)cc1OC. The molecule has 102 valence electrons. The van der Waals surface area contributed by atoms with Crippen LogP contribution in [-0.2, 0) is 5.88 Å². The maximum atomic E-state index is 6.16. The van der Waals surface area contributed by atoms with Crippen LogP contribution in [0.15, 0.2) is 12.1 Å². The second-order valence-corrected chi connectivity index (χ2v) is 5.71. The quantitative estimate of drug-likeness (QED) is 0.516. The summed E-state index contributed by atoms with van der Waals surface area (Å²) < 4.78 is 11.0. The zero-order valence-corrected chi connectivity index (χ0v) is 13.0. The van der Waals surface area contributed by atoms with Gasteiger partial charge in [-0.3, -0.25) is 0 Å². The number of ether oxygens (including phenoxy) is 2. The molecule has 0 unspecified atom stereocenters. The minimum Gasteiger partial charge on any atom is -0.493 e. The lowest BCUT2D eigenvalue weighted by Crippen LogP contribution is -2.02. The van der Waals surface area contributed by atoms with Gasteiger partial charge in [-0.2, -0.15) is 11.8 Å². The summed E-state index contributed by atoms with van der Waals surface area (Å²) in [7, 11) is 1.60. The van der Waals surface area contributed by atoms with Crippen molar-refractivity contribution in [2.24, 2.45) is 0 Å². The van der Waals surface area contributed by atoms with Crippen LogP contribution in [0.2, 0.25) is 5.02 Å². The van der Waals surface area contributed by atoms with Crippen LogP contribution in [0.5, 0.6) is 11.5 Å². The van der Waals surface area contributed by atoms with E-state index < -0.39 is 0 Å². The smallest absolute Gasteiger partial charge is 0.179 e. The first-order valence-electron chi connectivity index (χ1n) is 5.85. The molecular weight excluding hydrogens is 291 g/mol. The summed E-state index contributed by atoms with van der Waals surface area (Å²) in [5.74, 6) is 3.88. The molecule has 0 aliphatic carbocycles. The van der Waals surface area contributed by atoms with Crippen LogP contribution in [0.3, 0.4) is 0 Å². The fraction of sp³-hybridized carbons (Fsp3) is 0.538. The predicted octanol–water partition coefficient (Wildman–Crippen LogP) is 4.61. The second kappa shape index (κ2) is 8.78. The number of alkyl halides is 1. The number of hydrogen-bond acceptors (Lipinski definition) is 3. The van der Waals surface area contributed by atoms with E-state index in [0.29, 0.717) is 29.0 Å². The Labute approximate surface area is 123 Å². The molecule has 0 aliphatic heterocycles. The van der Waals surface area contributed by atoms with Crippen molar-refractivity contribution in [3.63, 3.8) is 0 Å². The molecule has 1 aromatic rings. The van der Waals surface area contributed by atoms with Gasteiger partial charge in [0, 0.05) is 5.88 Å². The number of thioether (sulfide) groups is 1. The van der Waals surface area contributed by atoms with E-state index in [0.717, 1.165) is 23.5 Å². The highest BCUT2D eigenvalue weighted by atomic mass is 35.5. The first-order valence-corrected chi connectivity index (χ1v) is 7.92. The predicted molar refractivity (Wildman–Crippen MR) is 80.7 cm³/mol. The summed E-state index contributed by atoms with van der Waals surface area (Å²) in [6.07, 6.45) is 0.995. The van der Waals surface area contributed by atoms with Gasteiger partial charge in [0.1, 0.15) is 0 Å². The monoisotopic (exact) mass is 308 g/mol. The average Bonchev–Trinajstić information content (AvgIpc) is 2.39. The molecule has 0 radical (unpaired) electrons. The van der Waals surface area contributed by atoms with Gasteiger partial charge < -0.3 is 9.47 Å². The maximum absolute atomic E-state index is 6.16. The van der Waals surface area contributed by atoms with Gasteiger partial charge in [-0.05, 0) is 35.6 Å². The number of methoxy groups -OCH3 is 1. The Hall–Kier alpha value is -0.250. The first kappa shape index (κ1) is 15.8. The number of hydrogen-bond donors (Lipinski definition) is 0. The summed E-state index contributed by atoms with van der Waals surface area (Å²) in [6, 6.07) is 3.67. The molecule has 0 fully saturated rings. The summed E-state index contributed by atoms with van der Waals surface area (Å²) in [6.45, 7) is 2.79. The van der Waals surface area contributed by atoms with Gasteiger partial charge in [0.15, 0.2) is 11.5 Å². The van der Waals surface area contributed by atoms with E-state index in [4.69, 9.17) is 32.7 Å². The number of halogens is 2. The Kier molecular flexibility index (Phi) is 7.71. The third kappa shape index (κ3) is 4.79. The van der Waals surface area contributed by atoms with Crippen molar-refractivity contribution >= 4 is 35.0 Å². The van der Waals surface area contributed by atoms with E-state index in [-0.39, 0.29) is 0 Å². The molecule has 0 aromatic heterocycles. The van der Waals surface area contributed by atoms with Gasteiger partial charge in [-0.15, -0.1) is 11.6 Å². The number of rotatable bonds is 8. The van der Waals surface area contributed by atoms with E-state index in [9.17, 15) is 0 Å². The zero-order valence-electron chi connectivity index (χ0n) is 10.7. The van der Waals surface area contributed by atoms with Crippen LogP contribution in [0.25, 0.3) is 0 Å². The minimum atomic E-state index is 0.406. The number of benzene rings is 1. The van der Waals surface area contributed by atoms with Gasteiger partial charge in [0.25, 0.3) is 0 Å². The Morgan fingerprint density at radius 3 is 2.72 bits per heavy atom. The minimum absolute atomic E-state index is 0.406. The topological polar surface area (TPSA) is 18.5 Å². The average molecular weight is 309 g/mol. The summed E-state index contributed by atoms with van der Waals surface area (Å²) in [4.78, 5) is 0. The normalized spacial score (nSPS) is 10.4. The molecule has 0 saturated heterocycles. The van der Waals surface area contributed by atoms with Crippen molar-refractivity contribution < 1.29 is 9.47 Å². The van der Waals surface area contributed by atoms with Crippen LogP contribution >= 0.6 is 35.0 Å². The zero-order chi connectivity index (χ0) is 13.4. The Morgan fingerprint density at radius 2 is 2.11 bits per heavy atom. The Bertz CT molecular complexity index is 372. The van der Waals surface area contributed by atoms with Gasteiger partial charge >= 0.3 is 0 Å². The largest absolute Gasteiger partial charge is 0.493 e. The Balaban J connectivity index is 2.63. The molecule has 2 nitrogen and oxygen atoms in total. The van der Waals surface area contributed by atoms with Crippen LogP contribution in [0.4, 0.5) is 0 Å². The van der Waals surface area contributed by atoms with Crippen LogP contribution in [-0.4, -0.2) is 25.2 Å². The van der Waals surface area contributed by atoms with Crippen LogP contribution in [0, 0.1) is 0 Å². The fourth-order valence-corrected chi connectivity index (χ4v) is 2.52. The lowest BCUT2D eigenvalue weighted by molar-refractivity contribution is 0.295. The van der Waals surface area contributed by atoms with Crippen molar-refractivity contribution in [1.29, 1.82) is 0 Å². The summed E-state index contributed by atoms with van der Waals surface area (Å²) >= 11 is 13.8. The lowest BCUT2D eigenvalue weighted by Gasteiger charge is -2.13. The summed E-state index contributed by atoms with van der Waals surface area (Å²) in [5, 5.41) is 0.549. The Morgan fingerprint density at radius 1 is 1.33 bits per heavy atom. The molecule has 0 N–H and O–H groups in total. The van der Waals surface area contributed by atoms with E-state index in [1.807, 2.05) is 23.9 Å². The molecule has 0 bridgehead atoms. The third-order valence-corrected chi connectivity index (χ3v) is 3.90. The van der Waals surface area contributed by atoms with E-state index in [2.05, 4.69) is 6.92 Å². The molecule has 0 spiro atoms. The highest BCUT2D eigenvalue weighted by molar-refractivity contribution is 7.99. The summed E-state index contributed by atoms with van der Waals surface area (Å²) in [5.41, 5.74) is 0.924. The van der Waals surface area contributed by atoms with Gasteiger partial charge in [-0.25, -0.2) is 0 Å². The van der Waals surface area contributed by atoms with Crippen molar-refractivity contribution in [3.8, 4) is 11.5 Å². The van der Waals surface area contributed by atoms with Gasteiger partial charge in [-0.1, -0.05) is 18.5 Å². The molecule has 1 aromatic carbocycles. The molecule has 5 heteroatoms. The molecule has 0 atom stereocenters. The van der Waals surface area contributed by atoms with Crippen molar-refractivity contribution in [2.75, 3.05) is 25.2 Å². The van der Waals surface area contributed by atoms with Crippen molar-refractivity contribution in [2.45, 2.75) is 19.2 Å². The molecule has 18 heavy (non-hydrogen) atoms. The highest BCUT2D eigenvalue weighted by Crippen LogP contribution is 2.36. The second-order valence-electron chi connectivity index (χ2n) is 3.64. The molecule has 0 saturated carbocycles. The first-order chi connectivity index (χ1) is 8.72. The van der Waals surface area contributed by atoms with E-state index in [1.54, 1.807) is 7.11 Å². The van der Waals surface area contributed by atoms with E-state index in [1.165, 1.54) is 0 Å². The third-order valence-electron chi connectivity index (χ3n) is 2.33. The highest BCUT2D eigenvalue weighted by Gasteiger charge is 2.11. The molecule has 0 heterocycles. The fourth-order valence-electron chi connectivity index (χ4n) is 1.47.